The molecule has 8 nitrogen and oxygen atoms in total. The fourth-order valence-electron chi connectivity index (χ4n) is 3.98. The van der Waals surface area contributed by atoms with Crippen molar-refractivity contribution in [3.05, 3.63) is 65.2 Å². The molecule has 1 amide bonds. The van der Waals surface area contributed by atoms with Gasteiger partial charge in [0.25, 0.3) is 5.89 Å². The highest BCUT2D eigenvalue weighted by Gasteiger charge is 2.23. The van der Waals surface area contributed by atoms with Crippen LogP contribution in [0, 0.1) is 6.92 Å². The second kappa shape index (κ2) is 9.19. The molecule has 9 heteroatoms. The molecule has 2 aromatic heterocycles. The Morgan fingerprint density at radius 3 is 2.79 bits per heavy atom. The predicted octanol–water partition coefficient (Wildman–Crippen LogP) is 4.00. The smallest absolute Gasteiger partial charge is 0.296 e. The number of thioether (sulfide) groups is 1. The first-order valence-corrected chi connectivity index (χ1v) is 11.9. The van der Waals surface area contributed by atoms with Crippen molar-refractivity contribution in [3.63, 3.8) is 0 Å². The first kappa shape index (κ1) is 21.4. The van der Waals surface area contributed by atoms with Crippen molar-refractivity contribution in [2.75, 3.05) is 12.3 Å². The third-order valence-electron chi connectivity index (χ3n) is 5.73. The highest BCUT2D eigenvalue weighted by molar-refractivity contribution is 7.99. The van der Waals surface area contributed by atoms with Crippen LogP contribution in [0.3, 0.4) is 0 Å². The van der Waals surface area contributed by atoms with Crippen molar-refractivity contribution in [2.24, 2.45) is 0 Å². The summed E-state index contributed by atoms with van der Waals surface area (Å²) in [5, 5.41) is 13.3. The van der Waals surface area contributed by atoms with Crippen LogP contribution >= 0.6 is 11.8 Å². The van der Waals surface area contributed by atoms with Crippen LogP contribution < -0.4 is 0 Å². The number of aromatic nitrogens is 5. The van der Waals surface area contributed by atoms with E-state index >= 15 is 0 Å². The Bertz CT molecular complexity index is 1300. The molecule has 0 atom stereocenters. The van der Waals surface area contributed by atoms with E-state index in [1.165, 1.54) is 22.9 Å². The molecule has 0 spiro atoms. The number of hydrogen-bond donors (Lipinski definition) is 0. The third kappa shape index (κ3) is 4.41. The molecule has 0 radical (unpaired) electrons. The summed E-state index contributed by atoms with van der Waals surface area (Å²) in [6.45, 7) is 6.04. The van der Waals surface area contributed by atoms with Gasteiger partial charge in [0.1, 0.15) is 0 Å². The Balaban J connectivity index is 1.28. The van der Waals surface area contributed by atoms with E-state index in [9.17, 15) is 4.79 Å². The standard InChI is InChI=1S/C24H24N6O2S/c1-3-30-22(23-25-21(28-32-23)18-10-6-7-16(2)13-18)26-27-24(30)33-15-20(31)29-12-11-17-8-4-5-9-19(17)14-29/h4-10,13H,3,11-12,14-15H2,1-2H3. The number of benzene rings is 2. The molecule has 0 N–H and O–H groups in total. The fraction of sp³-hybridized carbons (Fsp3) is 0.292. The highest BCUT2D eigenvalue weighted by atomic mass is 32.2. The number of amides is 1. The Kier molecular flexibility index (Phi) is 5.95. The number of hydrogen-bond acceptors (Lipinski definition) is 7. The lowest BCUT2D eigenvalue weighted by Crippen LogP contribution is -2.37. The second-order valence-corrected chi connectivity index (χ2v) is 8.91. The summed E-state index contributed by atoms with van der Waals surface area (Å²) in [5.41, 5.74) is 4.56. The van der Waals surface area contributed by atoms with Crippen molar-refractivity contribution >= 4 is 17.7 Å². The van der Waals surface area contributed by atoms with Gasteiger partial charge in [-0.1, -0.05) is 64.9 Å². The molecule has 33 heavy (non-hydrogen) atoms. The van der Waals surface area contributed by atoms with Crippen LogP contribution in [0.25, 0.3) is 23.1 Å². The molecular formula is C24H24N6O2S. The Hall–Kier alpha value is -3.46. The molecular weight excluding hydrogens is 436 g/mol. The van der Waals surface area contributed by atoms with Gasteiger partial charge in [0.05, 0.1) is 5.75 Å². The first-order valence-electron chi connectivity index (χ1n) is 10.9. The molecule has 2 aromatic carbocycles. The van der Waals surface area contributed by atoms with Gasteiger partial charge in [0.15, 0.2) is 5.16 Å². The lowest BCUT2D eigenvalue weighted by Gasteiger charge is -2.28. The summed E-state index contributed by atoms with van der Waals surface area (Å²) in [5.74, 6) is 1.73. The van der Waals surface area contributed by atoms with E-state index in [-0.39, 0.29) is 5.91 Å². The van der Waals surface area contributed by atoms with Crippen LogP contribution in [0.2, 0.25) is 0 Å². The average molecular weight is 461 g/mol. The molecule has 0 fully saturated rings. The van der Waals surface area contributed by atoms with Gasteiger partial charge in [-0.15, -0.1) is 10.2 Å². The van der Waals surface area contributed by atoms with Gasteiger partial charge in [-0.2, -0.15) is 4.98 Å². The summed E-state index contributed by atoms with van der Waals surface area (Å²) in [6.07, 6.45) is 0.891. The van der Waals surface area contributed by atoms with Gasteiger partial charge < -0.3 is 9.42 Å². The molecule has 0 saturated carbocycles. The van der Waals surface area contributed by atoms with E-state index in [0.717, 1.165) is 24.1 Å². The number of fused-ring (bicyclic) bond motifs is 1. The van der Waals surface area contributed by atoms with E-state index in [1.807, 2.05) is 53.6 Å². The molecule has 1 aliphatic heterocycles. The van der Waals surface area contributed by atoms with Crippen LogP contribution in [0.5, 0.6) is 0 Å². The molecule has 168 valence electrons. The van der Waals surface area contributed by atoms with Crippen LogP contribution in [-0.2, 0) is 24.3 Å². The summed E-state index contributed by atoms with van der Waals surface area (Å²) < 4.78 is 7.39. The highest BCUT2D eigenvalue weighted by Crippen LogP contribution is 2.26. The van der Waals surface area contributed by atoms with E-state index < -0.39 is 0 Å². The average Bonchev–Trinajstić information content (AvgIpc) is 3.49. The third-order valence-corrected chi connectivity index (χ3v) is 6.69. The number of carbonyl (C=O) groups is 1. The number of rotatable bonds is 6. The number of aryl methyl sites for hydroxylation is 1. The zero-order valence-electron chi connectivity index (χ0n) is 18.6. The summed E-state index contributed by atoms with van der Waals surface area (Å²) in [7, 11) is 0. The first-order chi connectivity index (χ1) is 16.1. The molecule has 3 heterocycles. The summed E-state index contributed by atoms with van der Waals surface area (Å²) >= 11 is 1.38. The van der Waals surface area contributed by atoms with Gasteiger partial charge in [-0.05, 0) is 37.5 Å². The minimum absolute atomic E-state index is 0.0984. The van der Waals surface area contributed by atoms with Crippen LogP contribution in [0.1, 0.15) is 23.6 Å². The minimum atomic E-state index is 0.0984. The van der Waals surface area contributed by atoms with Crippen molar-refractivity contribution in [1.82, 2.24) is 29.8 Å². The van der Waals surface area contributed by atoms with Crippen molar-refractivity contribution in [3.8, 4) is 23.1 Å². The molecule has 0 bridgehead atoms. The summed E-state index contributed by atoms with van der Waals surface area (Å²) in [4.78, 5) is 19.3. The quantitative estimate of drug-likeness (QED) is 0.402. The minimum Gasteiger partial charge on any atom is -0.337 e. The van der Waals surface area contributed by atoms with E-state index in [4.69, 9.17) is 4.52 Å². The Morgan fingerprint density at radius 2 is 1.97 bits per heavy atom. The predicted molar refractivity (Wildman–Crippen MR) is 125 cm³/mol. The maximum absolute atomic E-state index is 12.9. The normalized spacial score (nSPS) is 13.2. The molecule has 4 aromatic rings. The fourth-order valence-corrected chi connectivity index (χ4v) is 4.89. The molecule has 5 rings (SSSR count). The largest absolute Gasteiger partial charge is 0.337 e. The Labute approximate surface area is 196 Å². The van der Waals surface area contributed by atoms with Crippen molar-refractivity contribution in [1.29, 1.82) is 0 Å². The van der Waals surface area contributed by atoms with Crippen LogP contribution in [0.4, 0.5) is 0 Å². The summed E-state index contributed by atoms with van der Waals surface area (Å²) in [6, 6.07) is 16.2. The van der Waals surface area contributed by atoms with Gasteiger partial charge >= 0.3 is 0 Å². The monoisotopic (exact) mass is 460 g/mol. The zero-order valence-corrected chi connectivity index (χ0v) is 19.4. The topological polar surface area (TPSA) is 89.9 Å². The molecule has 0 aliphatic carbocycles. The number of carbonyl (C=O) groups excluding carboxylic acids is 1. The van der Waals surface area contributed by atoms with Crippen molar-refractivity contribution < 1.29 is 9.32 Å². The maximum Gasteiger partial charge on any atom is 0.296 e. The van der Waals surface area contributed by atoms with Gasteiger partial charge in [-0.25, -0.2) is 0 Å². The van der Waals surface area contributed by atoms with E-state index in [0.29, 0.717) is 41.5 Å². The van der Waals surface area contributed by atoms with Gasteiger partial charge in [0, 0.05) is 25.2 Å². The lowest BCUT2D eigenvalue weighted by atomic mass is 10.00. The maximum atomic E-state index is 12.9. The number of nitrogens with zero attached hydrogens (tertiary/aromatic N) is 6. The Morgan fingerprint density at radius 1 is 1.12 bits per heavy atom. The molecule has 0 unspecified atom stereocenters. The van der Waals surface area contributed by atoms with E-state index in [1.54, 1.807) is 0 Å². The van der Waals surface area contributed by atoms with Crippen LogP contribution in [-0.4, -0.2) is 48.0 Å². The van der Waals surface area contributed by atoms with Crippen LogP contribution in [0.15, 0.2) is 58.2 Å². The zero-order chi connectivity index (χ0) is 22.8. The SMILES string of the molecule is CCn1c(SCC(=O)N2CCc3ccccc3C2)nnc1-c1nc(-c2cccc(C)c2)no1. The lowest BCUT2D eigenvalue weighted by molar-refractivity contribution is -0.129. The van der Waals surface area contributed by atoms with Crippen molar-refractivity contribution in [2.45, 2.75) is 38.5 Å². The second-order valence-electron chi connectivity index (χ2n) is 7.97. The molecule has 0 saturated heterocycles. The van der Waals surface area contributed by atoms with E-state index in [2.05, 4.69) is 38.5 Å². The molecule has 1 aliphatic rings. The van der Waals surface area contributed by atoms with Gasteiger partial charge in [0.2, 0.25) is 17.6 Å². The van der Waals surface area contributed by atoms with Gasteiger partial charge in [-0.3, -0.25) is 9.36 Å².